The molecule has 0 atom stereocenters. The van der Waals surface area contributed by atoms with Crippen LogP contribution in [0.5, 0.6) is 11.5 Å². The Labute approximate surface area is 133 Å². The van der Waals surface area contributed by atoms with Gasteiger partial charge in [0, 0.05) is 22.6 Å². The standard InChI is InChI=1S/C13H19BrN2O4S/c1-19-10-6-9(14)12(7-11(10)20-2)21(17,18)16-8-13(15)4-3-5-13/h6-7,16H,3-5,8,15H2,1-2H3. The number of ether oxygens (including phenoxy) is 2. The summed E-state index contributed by atoms with van der Waals surface area (Å²) >= 11 is 3.25. The quantitative estimate of drug-likeness (QED) is 0.784. The predicted molar refractivity (Wildman–Crippen MR) is 83.2 cm³/mol. The van der Waals surface area contributed by atoms with Gasteiger partial charge in [-0.2, -0.15) is 0 Å². The van der Waals surface area contributed by atoms with Gasteiger partial charge in [0.05, 0.1) is 14.2 Å². The van der Waals surface area contributed by atoms with Crippen molar-refractivity contribution in [2.75, 3.05) is 20.8 Å². The van der Waals surface area contributed by atoms with Gasteiger partial charge in [0.1, 0.15) is 4.90 Å². The molecule has 0 aliphatic heterocycles. The number of nitrogens with one attached hydrogen (secondary N) is 1. The molecule has 0 unspecified atom stereocenters. The van der Waals surface area contributed by atoms with Crippen molar-refractivity contribution in [1.29, 1.82) is 0 Å². The molecule has 21 heavy (non-hydrogen) atoms. The minimum absolute atomic E-state index is 0.100. The largest absolute Gasteiger partial charge is 0.493 e. The molecule has 0 heterocycles. The summed E-state index contributed by atoms with van der Waals surface area (Å²) in [6, 6.07) is 2.99. The minimum Gasteiger partial charge on any atom is -0.493 e. The van der Waals surface area contributed by atoms with Crippen molar-refractivity contribution in [3.05, 3.63) is 16.6 Å². The number of hydrogen-bond donors (Lipinski definition) is 2. The third kappa shape index (κ3) is 3.50. The first-order valence-corrected chi connectivity index (χ1v) is 8.79. The van der Waals surface area contributed by atoms with E-state index >= 15 is 0 Å². The Morgan fingerprint density at radius 2 is 1.86 bits per heavy atom. The molecule has 1 aromatic rings. The normalized spacial score (nSPS) is 17.1. The van der Waals surface area contributed by atoms with Crippen LogP contribution in [0, 0.1) is 0 Å². The first-order valence-electron chi connectivity index (χ1n) is 6.51. The van der Waals surface area contributed by atoms with Gasteiger partial charge >= 0.3 is 0 Å². The van der Waals surface area contributed by atoms with E-state index in [1.54, 1.807) is 6.07 Å². The molecule has 0 spiro atoms. The van der Waals surface area contributed by atoms with E-state index in [1.807, 2.05) is 0 Å². The van der Waals surface area contributed by atoms with E-state index in [4.69, 9.17) is 15.2 Å². The van der Waals surface area contributed by atoms with Gasteiger partial charge in [-0.1, -0.05) is 0 Å². The highest BCUT2D eigenvalue weighted by molar-refractivity contribution is 9.10. The lowest BCUT2D eigenvalue weighted by Crippen LogP contribution is -2.54. The molecule has 3 N–H and O–H groups in total. The lowest BCUT2D eigenvalue weighted by molar-refractivity contribution is 0.251. The highest BCUT2D eigenvalue weighted by Gasteiger charge is 2.34. The van der Waals surface area contributed by atoms with E-state index in [9.17, 15) is 8.42 Å². The first kappa shape index (κ1) is 16.5. The fourth-order valence-electron chi connectivity index (χ4n) is 2.17. The highest BCUT2D eigenvalue weighted by Crippen LogP contribution is 2.36. The van der Waals surface area contributed by atoms with Crippen LogP contribution in [0.2, 0.25) is 0 Å². The molecule has 1 aliphatic rings. The average molecular weight is 379 g/mol. The van der Waals surface area contributed by atoms with Gasteiger partial charge in [-0.05, 0) is 41.3 Å². The molecule has 1 saturated carbocycles. The Kier molecular flexibility index (Phi) is 4.82. The summed E-state index contributed by atoms with van der Waals surface area (Å²) in [5.41, 5.74) is 5.62. The van der Waals surface area contributed by atoms with E-state index in [-0.39, 0.29) is 11.4 Å². The number of sulfonamides is 1. The van der Waals surface area contributed by atoms with Crippen molar-refractivity contribution in [1.82, 2.24) is 4.72 Å². The molecular formula is C13H19BrN2O4S. The number of hydrogen-bond acceptors (Lipinski definition) is 5. The van der Waals surface area contributed by atoms with Gasteiger partial charge in [-0.15, -0.1) is 0 Å². The van der Waals surface area contributed by atoms with Gasteiger partial charge < -0.3 is 15.2 Å². The van der Waals surface area contributed by atoms with Crippen LogP contribution >= 0.6 is 15.9 Å². The van der Waals surface area contributed by atoms with Crippen LogP contribution in [0.1, 0.15) is 19.3 Å². The van der Waals surface area contributed by atoms with Crippen LogP contribution in [0.25, 0.3) is 0 Å². The zero-order valence-electron chi connectivity index (χ0n) is 12.0. The van der Waals surface area contributed by atoms with Gasteiger partial charge in [0.25, 0.3) is 0 Å². The predicted octanol–water partition coefficient (Wildman–Crippen LogP) is 1.63. The van der Waals surface area contributed by atoms with Crippen molar-refractivity contribution in [2.24, 2.45) is 5.73 Å². The maximum absolute atomic E-state index is 12.4. The van der Waals surface area contributed by atoms with E-state index in [2.05, 4.69) is 20.7 Å². The highest BCUT2D eigenvalue weighted by atomic mass is 79.9. The van der Waals surface area contributed by atoms with Crippen molar-refractivity contribution < 1.29 is 17.9 Å². The summed E-state index contributed by atoms with van der Waals surface area (Å²) in [5, 5.41) is 0. The molecule has 1 fully saturated rings. The molecule has 0 radical (unpaired) electrons. The van der Waals surface area contributed by atoms with Crippen LogP contribution < -0.4 is 19.9 Å². The molecular weight excluding hydrogens is 360 g/mol. The molecule has 1 aromatic carbocycles. The zero-order valence-corrected chi connectivity index (χ0v) is 14.4. The van der Waals surface area contributed by atoms with Crippen molar-refractivity contribution in [3.8, 4) is 11.5 Å². The van der Waals surface area contributed by atoms with Crippen LogP contribution in [-0.2, 0) is 10.0 Å². The molecule has 0 bridgehead atoms. The smallest absolute Gasteiger partial charge is 0.241 e. The molecule has 0 aromatic heterocycles. The number of halogens is 1. The summed E-state index contributed by atoms with van der Waals surface area (Å²) in [6.07, 6.45) is 2.71. The summed E-state index contributed by atoms with van der Waals surface area (Å²) in [4.78, 5) is 0.100. The van der Waals surface area contributed by atoms with Crippen LogP contribution in [0.15, 0.2) is 21.5 Å². The number of rotatable bonds is 6. The van der Waals surface area contributed by atoms with Crippen LogP contribution in [0.3, 0.4) is 0 Å². The van der Waals surface area contributed by atoms with Crippen molar-refractivity contribution in [3.63, 3.8) is 0 Å². The molecule has 6 nitrogen and oxygen atoms in total. The molecule has 0 saturated heterocycles. The Morgan fingerprint density at radius 3 is 2.33 bits per heavy atom. The first-order chi connectivity index (χ1) is 9.81. The lowest BCUT2D eigenvalue weighted by atomic mass is 9.78. The summed E-state index contributed by atoms with van der Waals surface area (Å²) in [5.74, 6) is 0.810. The van der Waals surface area contributed by atoms with E-state index in [1.165, 1.54) is 20.3 Å². The second-order valence-corrected chi connectivity index (χ2v) is 7.77. The average Bonchev–Trinajstić information content (AvgIpc) is 2.42. The maximum Gasteiger partial charge on any atom is 0.241 e. The van der Waals surface area contributed by atoms with Gasteiger partial charge in [-0.3, -0.25) is 0 Å². The summed E-state index contributed by atoms with van der Waals surface area (Å²) in [6.45, 7) is 0.232. The Morgan fingerprint density at radius 1 is 1.29 bits per heavy atom. The number of nitrogens with two attached hydrogens (primary N) is 1. The van der Waals surface area contributed by atoms with Crippen molar-refractivity contribution in [2.45, 2.75) is 29.7 Å². The molecule has 8 heteroatoms. The topological polar surface area (TPSA) is 90.7 Å². The third-order valence-electron chi connectivity index (χ3n) is 3.69. The minimum atomic E-state index is -3.67. The Balaban J connectivity index is 2.26. The fraction of sp³-hybridized carbons (Fsp3) is 0.538. The van der Waals surface area contributed by atoms with E-state index < -0.39 is 15.6 Å². The zero-order chi connectivity index (χ0) is 15.7. The van der Waals surface area contributed by atoms with Gasteiger partial charge in [0.2, 0.25) is 10.0 Å². The van der Waals surface area contributed by atoms with Gasteiger partial charge in [-0.25, -0.2) is 13.1 Å². The second kappa shape index (κ2) is 6.12. The summed E-state index contributed by atoms with van der Waals surface area (Å²) < 4.78 is 38.1. The van der Waals surface area contributed by atoms with Crippen molar-refractivity contribution >= 4 is 26.0 Å². The fourth-order valence-corrected chi connectivity index (χ4v) is 4.34. The van der Waals surface area contributed by atoms with Gasteiger partial charge in [0.15, 0.2) is 11.5 Å². The Hall–Kier alpha value is -0.830. The van der Waals surface area contributed by atoms with E-state index in [0.29, 0.717) is 16.0 Å². The molecule has 2 rings (SSSR count). The maximum atomic E-state index is 12.4. The number of methoxy groups -OCH3 is 2. The number of benzene rings is 1. The summed E-state index contributed by atoms with van der Waals surface area (Å²) in [7, 11) is -0.722. The van der Waals surface area contributed by atoms with Crippen LogP contribution in [-0.4, -0.2) is 34.7 Å². The lowest BCUT2D eigenvalue weighted by Gasteiger charge is -2.38. The molecule has 1 aliphatic carbocycles. The second-order valence-electron chi connectivity index (χ2n) is 5.18. The van der Waals surface area contributed by atoms with Crippen LogP contribution in [0.4, 0.5) is 0 Å². The van der Waals surface area contributed by atoms with E-state index in [0.717, 1.165) is 19.3 Å². The molecule has 0 amide bonds. The monoisotopic (exact) mass is 378 g/mol. The Bertz CT molecular complexity index is 629. The third-order valence-corrected chi connectivity index (χ3v) is 6.05. The molecule has 118 valence electrons. The SMILES string of the molecule is COc1cc(Br)c(S(=O)(=O)NCC2(N)CCC2)cc1OC.